The number of benzene rings is 1. The van der Waals surface area contributed by atoms with Crippen molar-refractivity contribution in [2.24, 2.45) is 4.99 Å². The van der Waals surface area contributed by atoms with Crippen LogP contribution < -0.4 is 10.6 Å². The molecule has 2 N–H and O–H groups in total. The van der Waals surface area contributed by atoms with Crippen molar-refractivity contribution in [3.63, 3.8) is 0 Å². The lowest BCUT2D eigenvalue weighted by atomic mass is 10.1. The zero-order valence-corrected chi connectivity index (χ0v) is 15.4. The van der Waals surface area contributed by atoms with Crippen LogP contribution in [0.25, 0.3) is 0 Å². The van der Waals surface area contributed by atoms with E-state index in [-0.39, 0.29) is 0 Å². The molecule has 0 atom stereocenters. The van der Waals surface area contributed by atoms with Crippen LogP contribution in [0.2, 0.25) is 0 Å². The van der Waals surface area contributed by atoms with E-state index in [4.69, 9.17) is 4.99 Å². The Labute approximate surface area is 148 Å². The first-order valence-corrected chi connectivity index (χ1v) is 9.78. The SMILES string of the molecule is CCNC(=NCc1ccccc1Cn1cccn1)NCCCSC. The van der Waals surface area contributed by atoms with Gasteiger partial charge in [0.15, 0.2) is 5.96 Å². The van der Waals surface area contributed by atoms with Crippen LogP contribution >= 0.6 is 11.8 Å². The topological polar surface area (TPSA) is 54.2 Å². The molecule has 0 amide bonds. The summed E-state index contributed by atoms with van der Waals surface area (Å²) < 4.78 is 1.94. The molecule has 0 aliphatic heterocycles. The number of nitrogens with zero attached hydrogens (tertiary/aromatic N) is 3. The first-order chi connectivity index (χ1) is 11.8. The van der Waals surface area contributed by atoms with Gasteiger partial charge in [0, 0.05) is 25.5 Å². The third kappa shape index (κ3) is 6.28. The van der Waals surface area contributed by atoms with Gasteiger partial charge in [0.2, 0.25) is 0 Å². The molecule has 1 heterocycles. The molecular formula is C18H27N5S. The van der Waals surface area contributed by atoms with Crippen LogP contribution in [0.5, 0.6) is 0 Å². The van der Waals surface area contributed by atoms with Gasteiger partial charge in [-0.25, -0.2) is 4.99 Å². The Balaban J connectivity index is 1.99. The molecule has 0 aliphatic rings. The third-order valence-electron chi connectivity index (χ3n) is 3.58. The van der Waals surface area contributed by atoms with E-state index in [1.165, 1.54) is 16.9 Å². The highest BCUT2D eigenvalue weighted by Crippen LogP contribution is 2.11. The molecule has 0 saturated heterocycles. The first kappa shape index (κ1) is 18.4. The number of nitrogens with one attached hydrogen (secondary N) is 2. The van der Waals surface area contributed by atoms with E-state index in [1.807, 2.05) is 34.9 Å². The standard InChI is InChI=1S/C18H27N5S/c1-3-19-18(20-10-7-13-24-2)21-14-16-8-4-5-9-17(16)15-23-12-6-11-22-23/h4-6,8-9,11-12H,3,7,10,13-15H2,1-2H3,(H2,19,20,21). The van der Waals surface area contributed by atoms with Gasteiger partial charge in [-0.05, 0) is 42.5 Å². The average molecular weight is 346 g/mol. The van der Waals surface area contributed by atoms with E-state index in [0.29, 0.717) is 6.54 Å². The predicted octanol–water partition coefficient (Wildman–Crippen LogP) is 2.74. The number of thioether (sulfide) groups is 1. The number of hydrogen-bond acceptors (Lipinski definition) is 3. The summed E-state index contributed by atoms with van der Waals surface area (Å²) in [6, 6.07) is 10.4. The number of aliphatic imine (C=N–C) groups is 1. The van der Waals surface area contributed by atoms with Crippen molar-refractivity contribution in [2.75, 3.05) is 25.1 Å². The van der Waals surface area contributed by atoms with Crippen molar-refractivity contribution in [2.45, 2.75) is 26.4 Å². The van der Waals surface area contributed by atoms with E-state index in [9.17, 15) is 0 Å². The molecule has 0 unspecified atom stereocenters. The number of hydrogen-bond donors (Lipinski definition) is 2. The number of guanidine groups is 1. The van der Waals surface area contributed by atoms with Crippen LogP contribution in [-0.2, 0) is 13.1 Å². The summed E-state index contributed by atoms with van der Waals surface area (Å²) in [5, 5.41) is 11.0. The van der Waals surface area contributed by atoms with Gasteiger partial charge in [-0.15, -0.1) is 0 Å². The minimum absolute atomic E-state index is 0.662. The largest absolute Gasteiger partial charge is 0.357 e. The van der Waals surface area contributed by atoms with Gasteiger partial charge in [-0.3, -0.25) is 4.68 Å². The monoisotopic (exact) mass is 345 g/mol. The summed E-state index contributed by atoms with van der Waals surface area (Å²) in [6.45, 7) is 5.33. The molecule has 6 heteroatoms. The molecule has 1 aromatic heterocycles. The fourth-order valence-electron chi connectivity index (χ4n) is 2.36. The summed E-state index contributed by atoms with van der Waals surface area (Å²) in [5.74, 6) is 2.05. The Hall–Kier alpha value is -1.95. The predicted molar refractivity (Wildman–Crippen MR) is 104 cm³/mol. The molecule has 2 aromatic rings. The second kappa shape index (κ2) is 10.8. The maximum absolute atomic E-state index is 4.73. The maximum Gasteiger partial charge on any atom is 0.191 e. The quantitative estimate of drug-likeness (QED) is 0.417. The van der Waals surface area contributed by atoms with Crippen LogP contribution in [0.15, 0.2) is 47.7 Å². The average Bonchev–Trinajstić information content (AvgIpc) is 3.10. The molecule has 0 bridgehead atoms. The van der Waals surface area contributed by atoms with Crippen molar-refractivity contribution in [1.29, 1.82) is 0 Å². The van der Waals surface area contributed by atoms with Crippen molar-refractivity contribution in [3.8, 4) is 0 Å². The molecule has 0 aliphatic carbocycles. The van der Waals surface area contributed by atoms with Gasteiger partial charge in [0.1, 0.15) is 0 Å². The van der Waals surface area contributed by atoms with E-state index in [0.717, 1.165) is 32.0 Å². The van der Waals surface area contributed by atoms with Crippen molar-refractivity contribution < 1.29 is 0 Å². The lowest BCUT2D eigenvalue weighted by Gasteiger charge is -2.12. The van der Waals surface area contributed by atoms with Crippen LogP contribution in [-0.4, -0.2) is 40.8 Å². The second-order valence-electron chi connectivity index (χ2n) is 5.44. The first-order valence-electron chi connectivity index (χ1n) is 8.38. The summed E-state index contributed by atoms with van der Waals surface area (Å²) in [5.41, 5.74) is 2.48. The molecule has 1 aromatic carbocycles. The Morgan fingerprint density at radius 2 is 2.04 bits per heavy atom. The zero-order chi connectivity index (χ0) is 17.0. The van der Waals surface area contributed by atoms with Gasteiger partial charge in [-0.2, -0.15) is 16.9 Å². The van der Waals surface area contributed by atoms with Crippen molar-refractivity contribution >= 4 is 17.7 Å². The van der Waals surface area contributed by atoms with E-state index in [1.54, 1.807) is 0 Å². The molecular weight excluding hydrogens is 318 g/mol. The molecule has 0 saturated carbocycles. The minimum atomic E-state index is 0.662. The van der Waals surface area contributed by atoms with Gasteiger partial charge in [0.05, 0.1) is 13.1 Å². The van der Waals surface area contributed by atoms with Crippen molar-refractivity contribution in [1.82, 2.24) is 20.4 Å². The maximum atomic E-state index is 4.73. The summed E-state index contributed by atoms with van der Waals surface area (Å²) in [6.07, 6.45) is 7.07. The fourth-order valence-corrected chi connectivity index (χ4v) is 2.80. The van der Waals surface area contributed by atoms with Crippen LogP contribution in [0, 0.1) is 0 Å². The third-order valence-corrected chi connectivity index (χ3v) is 4.28. The van der Waals surface area contributed by atoms with Crippen LogP contribution in [0.1, 0.15) is 24.5 Å². The summed E-state index contributed by atoms with van der Waals surface area (Å²) in [4.78, 5) is 4.73. The Kier molecular flexibility index (Phi) is 8.24. The van der Waals surface area contributed by atoms with Crippen LogP contribution in [0.4, 0.5) is 0 Å². The van der Waals surface area contributed by atoms with Crippen molar-refractivity contribution in [3.05, 3.63) is 53.9 Å². The number of rotatable bonds is 9. The summed E-state index contributed by atoms with van der Waals surface area (Å²) >= 11 is 1.87. The highest BCUT2D eigenvalue weighted by atomic mass is 32.2. The number of aromatic nitrogens is 2. The van der Waals surface area contributed by atoms with Gasteiger partial charge in [0.25, 0.3) is 0 Å². The highest BCUT2D eigenvalue weighted by molar-refractivity contribution is 7.98. The lowest BCUT2D eigenvalue weighted by Crippen LogP contribution is -2.37. The molecule has 0 spiro atoms. The normalized spacial score (nSPS) is 11.5. The fraction of sp³-hybridized carbons (Fsp3) is 0.444. The molecule has 130 valence electrons. The minimum Gasteiger partial charge on any atom is -0.357 e. The smallest absolute Gasteiger partial charge is 0.191 e. The van der Waals surface area contributed by atoms with Gasteiger partial charge >= 0.3 is 0 Å². The second-order valence-corrected chi connectivity index (χ2v) is 6.43. The summed E-state index contributed by atoms with van der Waals surface area (Å²) in [7, 11) is 0. The molecule has 0 radical (unpaired) electrons. The highest BCUT2D eigenvalue weighted by Gasteiger charge is 2.03. The zero-order valence-electron chi connectivity index (χ0n) is 14.5. The molecule has 2 rings (SSSR count). The van der Waals surface area contributed by atoms with E-state index < -0.39 is 0 Å². The lowest BCUT2D eigenvalue weighted by molar-refractivity contribution is 0.680. The molecule has 0 fully saturated rings. The van der Waals surface area contributed by atoms with Gasteiger partial charge in [-0.1, -0.05) is 24.3 Å². The van der Waals surface area contributed by atoms with E-state index >= 15 is 0 Å². The van der Waals surface area contributed by atoms with Gasteiger partial charge < -0.3 is 10.6 Å². The Morgan fingerprint density at radius 1 is 1.21 bits per heavy atom. The van der Waals surface area contributed by atoms with Crippen LogP contribution in [0.3, 0.4) is 0 Å². The molecule has 24 heavy (non-hydrogen) atoms. The van der Waals surface area contributed by atoms with E-state index in [2.05, 4.69) is 53.2 Å². The molecule has 5 nitrogen and oxygen atoms in total. The Bertz CT molecular complexity index is 610. The Morgan fingerprint density at radius 3 is 2.75 bits per heavy atom.